The van der Waals surface area contributed by atoms with Crippen molar-refractivity contribution in [3.8, 4) is 34.4 Å². The number of hydrogen-bond donors (Lipinski definition) is 0. The van der Waals surface area contributed by atoms with Crippen molar-refractivity contribution < 1.29 is 9.47 Å². The number of rotatable bonds is 4. The van der Waals surface area contributed by atoms with Crippen molar-refractivity contribution >= 4 is 95.9 Å². The van der Waals surface area contributed by atoms with E-state index in [9.17, 15) is 0 Å². The Hall–Kier alpha value is -8.22. The summed E-state index contributed by atoms with van der Waals surface area (Å²) in [4.78, 5) is 5.58. The minimum Gasteiger partial charge on any atom is -0.459 e. The third kappa shape index (κ3) is 4.89. The summed E-state index contributed by atoms with van der Waals surface area (Å²) >= 11 is 0. The molecule has 0 unspecified atom stereocenters. The Balaban J connectivity index is 1.02. The van der Waals surface area contributed by atoms with Crippen LogP contribution in [0.1, 0.15) is 0 Å². The fourth-order valence-corrected chi connectivity index (χ4v) is 10.7. The van der Waals surface area contributed by atoms with Gasteiger partial charge in [0.2, 0.25) is 5.78 Å². The predicted octanol–water partition coefficient (Wildman–Crippen LogP) is 8.77. The molecule has 0 saturated heterocycles. The Labute approximate surface area is 363 Å². The molecule has 0 atom stereocenters. The first kappa shape index (κ1) is 34.5. The molecule has 5 heterocycles. The fraction of sp³-hybridized carbons (Fsp3) is 0. The first-order chi connectivity index (χ1) is 31.3. The molecule has 2 aliphatic heterocycles. The van der Waals surface area contributed by atoms with Crippen molar-refractivity contribution in [2.45, 2.75) is 0 Å². The molecule has 0 N–H and O–H groups in total. The smallest absolute Gasteiger partial charge is 0.255 e. The summed E-state index contributed by atoms with van der Waals surface area (Å²) in [5.74, 6) is 4.27. The number of benzene rings is 9. The van der Waals surface area contributed by atoms with Gasteiger partial charge in [0, 0.05) is 27.6 Å². The molecule has 0 saturated carbocycles. The van der Waals surface area contributed by atoms with Crippen LogP contribution in [0.5, 0.6) is 23.0 Å². The van der Waals surface area contributed by atoms with Crippen LogP contribution in [0.4, 0.5) is 0 Å². The van der Waals surface area contributed by atoms with E-state index in [1.807, 2.05) is 0 Å². The van der Waals surface area contributed by atoms with Crippen LogP contribution >= 0.6 is 0 Å². The molecule has 12 aromatic rings. The van der Waals surface area contributed by atoms with Crippen molar-refractivity contribution in [1.82, 2.24) is 18.5 Å². The van der Waals surface area contributed by atoms with E-state index in [4.69, 9.17) is 14.5 Å². The summed E-state index contributed by atoms with van der Waals surface area (Å²) in [5.41, 5.74) is 15.4. The van der Waals surface area contributed by atoms with Gasteiger partial charge >= 0.3 is 0 Å². The van der Waals surface area contributed by atoms with Crippen molar-refractivity contribution in [3.63, 3.8) is 0 Å². The maximum absolute atomic E-state index is 7.06. The lowest BCUT2D eigenvalue weighted by Gasteiger charge is -2.34. The highest BCUT2D eigenvalue weighted by Crippen LogP contribution is 2.39. The lowest BCUT2D eigenvalue weighted by atomic mass is 9.32. The van der Waals surface area contributed by atoms with E-state index in [0.717, 1.165) is 106 Å². The largest absolute Gasteiger partial charge is 0.459 e. The average molecular weight is 805 g/mol. The van der Waals surface area contributed by atoms with Crippen LogP contribution in [0.15, 0.2) is 206 Å². The summed E-state index contributed by atoms with van der Waals surface area (Å²) < 4.78 is 20.9. The Morgan fingerprint density at radius 2 is 1.05 bits per heavy atom. The summed E-state index contributed by atoms with van der Waals surface area (Å²) in [6.45, 7) is -0.177. The zero-order valence-electron chi connectivity index (χ0n) is 33.9. The molecular formula is C55H34B2N4O2. The quantitative estimate of drug-likeness (QED) is 0.167. The number of para-hydroxylation sites is 6. The zero-order valence-corrected chi connectivity index (χ0v) is 33.9. The molecule has 0 amide bonds. The highest BCUT2D eigenvalue weighted by atomic mass is 16.5. The topological polar surface area (TPSA) is 45.6 Å². The van der Waals surface area contributed by atoms with E-state index < -0.39 is 0 Å². The van der Waals surface area contributed by atoms with Gasteiger partial charge in [-0.05, 0) is 89.2 Å². The summed E-state index contributed by atoms with van der Waals surface area (Å²) in [6.07, 6.45) is 0. The van der Waals surface area contributed by atoms with Crippen LogP contribution in [0.25, 0.3) is 61.0 Å². The number of fused-ring (bicyclic) bond motifs is 14. The highest BCUT2D eigenvalue weighted by molar-refractivity contribution is 7.00. The van der Waals surface area contributed by atoms with E-state index in [0.29, 0.717) is 0 Å². The molecule has 0 bridgehead atoms. The van der Waals surface area contributed by atoms with Gasteiger partial charge < -0.3 is 14.0 Å². The first-order valence-electron chi connectivity index (χ1n) is 21.5. The van der Waals surface area contributed by atoms with E-state index >= 15 is 0 Å². The molecular weight excluding hydrogens is 770 g/mol. The van der Waals surface area contributed by atoms with Gasteiger partial charge in [0.15, 0.2) is 0 Å². The van der Waals surface area contributed by atoms with E-state index in [1.165, 1.54) is 10.8 Å². The second-order valence-electron chi connectivity index (χ2n) is 16.6. The third-order valence-electron chi connectivity index (χ3n) is 13.3. The highest BCUT2D eigenvalue weighted by Gasteiger charge is 2.41. The predicted molar refractivity (Wildman–Crippen MR) is 259 cm³/mol. The molecule has 9 aromatic carbocycles. The molecule has 0 fully saturated rings. The van der Waals surface area contributed by atoms with Crippen LogP contribution in [-0.2, 0) is 0 Å². The number of hydrogen-bond acceptors (Lipinski definition) is 3. The van der Waals surface area contributed by atoms with E-state index in [2.05, 4.69) is 220 Å². The van der Waals surface area contributed by atoms with Gasteiger partial charge in [0.25, 0.3) is 13.4 Å². The molecule has 2 aliphatic rings. The van der Waals surface area contributed by atoms with Crippen LogP contribution < -0.4 is 42.3 Å². The Bertz CT molecular complexity index is 3840. The van der Waals surface area contributed by atoms with Gasteiger partial charge in [-0.1, -0.05) is 144 Å². The number of imidazole rings is 2. The normalized spacial score (nSPS) is 13.0. The standard InChI is InChI=1S/C55H34B2N4O2/c1-3-16-35(17-4-1)56-41-23-8-14-29-49(41)63-54-43(56)31-33-50-51(54)57(42-24-9-13-28-48(42)62-50)36-18-15-21-38(34-36)59-44-25-10-7-22-39(44)40-30-32-47-52(53(40)59)58-55-60(37-19-5-2-6-20-37)45-26-11-12-27-46(45)61(47)55/h1-34H. The van der Waals surface area contributed by atoms with Crippen LogP contribution in [0.3, 0.4) is 0 Å². The van der Waals surface area contributed by atoms with Crippen molar-refractivity contribution in [3.05, 3.63) is 206 Å². The molecule has 3 aromatic heterocycles. The number of aromatic nitrogens is 4. The minimum absolute atomic E-state index is 0.00179. The van der Waals surface area contributed by atoms with Crippen LogP contribution in [-0.4, -0.2) is 31.9 Å². The monoisotopic (exact) mass is 804 g/mol. The molecule has 0 radical (unpaired) electrons. The maximum Gasteiger partial charge on any atom is 0.255 e. The minimum atomic E-state index is -0.179. The summed E-state index contributed by atoms with van der Waals surface area (Å²) in [6, 6.07) is 73.4. The lowest BCUT2D eigenvalue weighted by Crippen LogP contribution is -2.60. The van der Waals surface area contributed by atoms with Gasteiger partial charge in [-0.25, -0.2) is 4.98 Å². The van der Waals surface area contributed by atoms with Crippen molar-refractivity contribution in [2.75, 3.05) is 0 Å². The van der Waals surface area contributed by atoms with Gasteiger partial charge in [-0.3, -0.25) is 8.97 Å². The van der Waals surface area contributed by atoms with Gasteiger partial charge in [0.05, 0.1) is 27.6 Å². The fourth-order valence-electron chi connectivity index (χ4n) is 10.7. The number of ether oxygens (including phenoxy) is 2. The second-order valence-corrected chi connectivity index (χ2v) is 16.6. The molecule has 292 valence electrons. The third-order valence-corrected chi connectivity index (χ3v) is 13.3. The Morgan fingerprint density at radius 1 is 0.397 bits per heavy atom. The van der Waals surface area contributed by atoms with Gasteiger partial charge in [0.1, 0.15) is 28.5 Å². The second kappa shape index (κ2) is 13.1. The van der Waals surface area contributed by atoms with E-state index in [-0.39, 0.29) is 13.4 Å². The molecule has 0 spiro atoms. The molecule has 14 rings (SSSR count). The van der Waals surface area contributed by atoms with E-state index in [1.54, 1.807) is 0 Å². The summed E-state index contributed by atoms with van der Waals surface area (Å²) in [7, 11) is 0. The Kier molecular flexibility index (Phi) is 7.19. The van der Waals surface area contributed by atoms with Gasteiger partial charge in [-0.2, -0.15) is 0 Å². The average Bonchev–Trinajstić information content (AvgIpc) is 4.00. The first-order valence-corrected chi connectivity index (χ1v) is 21.5. The van der Waals surface area contributed by atoms with Crippen LogP contribution in [0, 0.1) is 0 Å². The lowest BCUT2D eigenvalue weighted by molar-refractivity contribution is 0.469. The maximum atomic E-state index is 7.06. The molecule has 63 heavy (non-hydrogen) atoms. The van der Waals surface area contributed by atoms with Crippen molar-refractivity contribution in [1.29, 1.82) is 0 Å². The van der Waals surface area contributed by atoms with Crippen molar-refractivity contribution in [2.24, 2.45) is 0 Å². The molecule has 6 nitrogen and oxygen atoms in total. The van der Waals surface area contributed by atoms with Crippen LogP contribution in [0.2, 0.25) is 0 Å². The molecule has 0 aliphatic carbocycles. The van der Waals surface area contributed by atoms with Gasteiger partial charge in [-0.15, -0.1) is 0 Å². The number of nitrogens with zero attached hydrogens (tertiary/aromatic N) is 4. The SMILES string of the molecule is c1ccc(B2c3ccccc3Oc3c2ccc2c3B(c3cccc(-n4c5ccccc5c5ccc6c(nc7n(-c8ccccc8)c8ccccc8n67)c54)c3)c3ccccc3O2)cc1. The summed E-state index contributed by atoms with van der Waals surface area (Å²) in [5, 5.41) is 2.35. The molecule has 8 heteroatoms. The zero-order chi connectivity index (χ0) is 41.2. The Morgan fingerprint density at radius 3 is 1.87 bits per heavy atom.